The van der Waals surface area contributed by atoms with Gasteiger partial charge in [0, 0.05) is 56.4 Å². The summed E-state index contributed by atoms with van der Waals surface area (Å²) in [6, 6.07) is 24.1. The molecule has 1 unspecified atom stereocenters. The predicted octanol–water partition coefficient (Wildman–Crippen LogP) is 17.4. The highest BCUT2D eigenvalue weighted by atomic mass is 15.0. The lowest BCUT2D eigenvalue weighted by Crippen LogP contribution is -2.05. The third kappa shape index (κ3) is 10.1. The average molecular weight is 878 g/mol. The van der Waals surface area contributed by atoms with Crippen LogP contribution in [0.4, 0.5) is 0 Å². The van der Waals surface area contributed by atoms with Crippen LogP contribution in [0.2, 0.25) is 0 Å². The highest BCUT2D eigenvalue weighted by molar-refractivity contribution is 6.30. The first-order valence-corrected chi connectivity index (χ1v) is 23.5. The first kappa shape index (κ1) is 47.3. The summed E-state index contributed by atoms with van der Waals surface area (Å²) in [5, 5.41) is 6.08. The van der Waals surface area contributed by atoms with E-state index in [1.807, 2.05) is 93.7 Å². The monoisotopic (exact) mass is 878 g/mol. The second-order valence-corrected chi connectivity index (χ2v) is 16.7. The van der Waals surface area contributed by atoms with Crippen LogP contribution in [0.1, 0.15) is 90.4 Å². The molecule has 0 spiro atoms. The molecule has 7 aromatic rings. The number of aromatic nitrogens is 5. The number of nitrogens with zero attached hydrogens (tertiary/aromatic N) is 5. The molecule has 8 rings (SSSR count). The molecule has 5 heteroatoms. The highest BCUT2D eigenvalue weighted by Crippen LogP contribution is 2.43. The van der Waals surface area contributed by atoms with Gasteiger partial charge in [0.15, 0.2) is 17.5 Å². The molecule has 3 heterocycles. The zero-order valence-corrected chi connectivity index (χ0v) is 40.1. The van der Waals surface area contributed by atoms with Crippen LogP contribution in [-0.4, -0.2) is 24.1 Å². The van der Waals surface area contributed by atoms with Crippen molar-refractivity contribution in [3.05, 3.63) is 225 Å². The van der Waals surface area contributed by atoms with Crippen LogP contribution in [0.25, 0.3) is 77.4 Å². The second kappa shape index (κ2) is 22.0. The van der Waals surface area contributed by atoms with E-state index >= 15 is 0 Å². The third-order valence-corrected chi connectivity index (χ3v) is 11.9. The maximum atomic E-state index is 5.13. The third-order valence-electron chi connectivity index (χ3n) is 11.9. The first-order valence-electron chi connectivity index (χ1n) is 23.5. The SMILES string of the molecule is C=C/C(=C\C=C/C)C(=C)/C=C(\C=C/C)c1nc(C(=C)/C=C\C(=C/C)n2c3cccc4ccc5c6ccn(C(=C)/C=C\C=C/C)c6cc2c5c43)nc(-c2cccc(C3C=CCCC3)c2)n1.CCC. The molecule has 0 fully saturated rings. The van der Waals surface area contributed by atoms with E-state index in [1.165, 1.54) is 45.3 Å². The van der Waals surface area contributed by atoms with Gasteiger partial charge in [-0.1, -0.05) is 162 Å². The lowest BCUT2D eigenvalue weighted by molar-refractivity contribution is 0.654. The average Bonchev–Trinajstić information content (AvgIpc) is 3.94. The van der Waals surface area contributed by atoms with Crippen molar-refractivity contribution in [1.82, 2.24) is 24.1 Å². The Hall–Kier alpha value is -7.63. The molecule has 1 aliphatic carbocycles. The van der Waals surface area contributed by atoms with E-state index < -0.39 is 0 Å². The summed E-state index contributed by atoms with van der Waals surface area (Å²) in [6.07, 6.45) is 39.6. The summed E-state index contributed by atoms with van der Waals surface area (Å²) in [6.45, 7) is 29.8. The van der Waals surface area contributed by atoms with E-state index in [-0.39, 0.29) is 0 Å². The summed E-state index contributed by atoms with van der Waals surface area (Å²) in [4.78, 5) is 15.4. The van der Waals surface area contributed by atoms with Gasteiger partial charge in [0.2, 0.25) is 0 Å². The van der Waals surface area contributed by atoms with Crippen LogP contribution < -0.4 is 0 Å². The van der Waals surface area contributed by atoms with Crippen LogP contribution in [0.3, 0.4) is 0 Å². The van der Waals surface area contributed by atoms with Gasteiger partial charge in [0.1, 0.15) is 0 Å². The Balaban J connectivity index is 0.00000216. The Morgan fingerprint density at radius 2 is 1.54 bits per heavy atom. The summed E-state index contributed by atoms with van der Waals surface area (Å²) >= 11 is 0. The largest absolute Gasteiger partial charge is 0.317 e. The smallest absolute Gasteiger partial charge is 0.164 e. The quantitative estimate of drug-likeness (QED) is 0.0586. The van der Waals surface area contributed by atoms with Crippen molar-refractivity contribution >= 4 is 66.0 Å². The van der Waals surface area contributed by atoms with Crippen LogP contribution in [-0.2, 0) is 0 Å². The summed E-state index contributed by atoms with van der Waals surface area (Å²) < 4.78 is 4.53. The number of hydrogen-bond acceptors (Lipinski definition) is 3. The number of benzene rings is 4. The Labute approximate surface area is 397 Å². The predicted molar refractivity (Wildman–Crippen MR) is 293 cm³/mol. The molecule has 3 aromatic heterocycles. The molecular formula is C62H63N5. The first-order chi connectivity index (χ1) is 32.7. The molecule has 1 aliphatic rings. The molecule has 0 aliphatic heterocycles. The van der Waals surface area contributed by atoms with Gasteiger partial charge in [0.05, 0.1) is 16.6 Å². The van der Waals surface area contributed by atoms with E-state index in [2.05, 4.69) is 153 Å². The second-order valence-electron chi connectivity index (χ2n) is 16.7. The Morgan fingerprint density at radius 1 is 0.746 bits per heavy atom. The molecule has 4 aromatic carbocycles. The fraction of sp³-hybridized carbons (Fsp3) is 0.177. The number of rotatable bonds is 15. The fourth-order valence-electron chi connectivity index (χ4n) is 8.73. The van der Waals surface area contributed by atoms with Crippen LogP contribution >= 0.6 is 0 Å². The summed E-state index contributed by atoms with van der Waals surface area (Å²) in [5.74, 6) is 1.96. The molecule has 5 nitrogen and oxygen atoms in total. The fourth-order valence-corrected chi connectivity index (χ4v) is 8.73. The van der Waals surface area contributed by atoms with Crippen molar-refractivity contribution in [3.63, 3.8) is 0 Å². The van der Waals surface area contributed by atoms with Crippen molar-refractivity contribution in [2.75, 3.05) is 0 Å². The molecule has 0 amide bonds. The minimum Gasteiger partial charge on any atom is -0.317 e. The number of allylic oxidation sites excluding steroid dienone is 22. The van der Waals surface area contributed by atoms with Crippen LogP contribution in [0, 0.1) is 0 Å². The zero-order chi connectivity index (χ0) is 47.5. The van der Waals surface area contributed by atoms with Gasteiger partial charge in [-0.2, -0.15) is 0 Å². The van der Waals surface area contributed by atoms with Gasteiger partial charge in [-0.25, -0.2) is 15.0 Å². The van der Waals surface area contributed by atoms with Crippen molar-refractivity contribution in [3.8, 4) is 11.4 Å². The molecule has 336 valence electrons. The molecule has 0 saturated carbocycles. The molecule has 0 bridgehead atoms. The van der Waals surface area contributed by atoms with Gasteiger partial charge in [-0.15, -0.1) is 0 Å². The Morgan fingerprint density at radius 3 is 2.27 bits per heavy atom. The van der Waals surface area contributed by atoms with E-state index in [9.17, 15) is 0 Å². The maximum Gasteiger partial charge on any atom is 0.164 e. The van der Waals surface area contributed by atoms with Gasteiger partial charge in [-0.05, 0) is 123 Å². The Kier molecular flexibility index (Phi) is 15.6. The lowest BCUT2D eigenvalue weighted by atomic mass is 9.88. The van der Waals surface area contributed by atoms with E-state index in [0.717, 1.165) is 63.1 Å². The zero-order valence-electron chi connectivity index (χ0n) is 40.1. The van der Waals surface area contributed by atoms with Crippen LogP contribution in [0.5, 0.6) is 0 Å². The maximum absolute atomic E-state index is 5.13. The normalized spacial score (nSPS) is 15.2. The molecule has 0 saturated heterocycles. The molecule has 0 N–H and O–H groups in total. The topological polar surface area (TPSA) is 48.5 Å². The minimum atomic E-state index is 0.363. The van der Waals surface area contributed by atoms with Crippen molar-refractivity contribution in [1.29, 1.82) is 0 Å². The van der Waals surface area contributed by atoms with E-state index in [1.54, 1.807) is 0 Å². The Bertz CT molecular complexity index is 3260. The van der Waals surface area contributed by atoms with Crippen molar-refractivity contribution in [2.45, 2.75) is 73.1 Å². The van der Waals surface area contributed by atoms with Crippen LogP contribution in [0.15, 0.2) is 208 Å². The molecule has 1 atom stereocenters. The lowest BCUT2D eigenvalue weighted by Gasteiger charge is -2.17. The van der Waals surface area contributed by atoms with E-state index in [0.29, 0.717) is 29.0 Å². The van der Waals surface area contributed by atoms with Gasteiger partial charge >= 0.3 is 0 Å². The number of hydrogen-bond donors (Lipinski definition) is 0. The minimum absolute atomic E-state index is 0.363. The molecule has 0 radical (unpaired) electrons. The summed E-state index contributed by atoms with van der Waals surface area (Å²) in [7, 11) is 0. The molecule has 67 heavy (non-hydrogen) atoms. The van der Waals surface area contributed by atoms with E-state index in [4.69, 9.17) is 15.0 Å². The number of fused-ring (bicyclic) bond motifs is 2. The van der Waals surface area contributed by atoms with Gasteiger partial charge < -0.3 is 9.13 Å². The highest BCUT2D eigenvalue weighted by Gasteiger charge is 2.21. The van der Waals surface area contributed by atoms with Crippen molar-refractivity contribution < 1.29 is 0 Å². The van der Waals surface area contributed by atoms with Gasteiger partial charge in [0.25, 0.3) is 0 Å². The standard InChI is InChI=1S/C59H55N5.C3H8/c1-9-14-17-23-42(8)63-36-35-50-51-34-32-45-27-21-30-52-55(45)56(51)54(39-53(50)63)64(52)49(13-5)33-31-40(6)57-60-58(47(22-11-3)37-41(7)43(12-4)24-15-10-2)62-59(61-57)48-29-20-28-46(38-48)44-25-18-16-19-26-44;1-3-2/h9-15,17-18,20-25,27-39,44H,4,6-8,16,19,26H2,1-3,5H3;3H2,1-2H3/b14-9-,15-10-,22-11-,23-17-,33-31-,43-24+,47-37+,49-13+;. The molecular weight excluding hydrogens is 815 g/mol. The summed E-state index contributed by atoms with van der Waals surface area (Å²) in [5.41, 5.74) is 10.6. The van der Waals surface area contributed by atoms with Crippen molar-refractivity contribution in [2.24, 2.45) is 0 Å². The van der Waals surface area contributed by atoms with Gasteiger partial charge in [-0.3, -0.25) is 0 Å².